The predicted molar refractivity (Wildman–Crippen MR) is 81.9 cm³/mol. The van der Waals surface area contributed by atoms with Crippen LogP contribution in [0.2, 0.25) is 0 Å². The van der Waals surface area contributed by atoms with Gasteiger partial charge < -0.3 is 10.1 Å². The lowest BCUT2D eigenvalue weighted by molar-refractivity contribution is -0.139. The van der Waals surface area contributed by atoms with Gasteiger partial charge in [0.1, 0.15) is 11.3 Å². The van der Waals surface area contributed by atoms with E-state index in [9.17, 15) is 13.2 Å². The first-order valence-corrected chi connectivity index (χ1v) is 8.38. The Bertz CT molecular complexity index is 533. The molecule has 1 heterocycles. The van der Waals surface area contributed by atoms with Crippen molar-refractivity contribution in [1.82, 2.24) is 5.32 Å². The van der Waals surface area contributed by atoms with Gasteiger partial charge >= 0.3 is 6.18 Å². The van der Waals surface area contributed by atoms with Crippen LogP contribution >= 0.6 is 15.9 Å². The van der Waals surface area contributed by atoms with Crippen LogP contribution in [0.3, 0.4) is 0 Å². The van der Waals surface area contributed by atoms with E-state index in [1.165, 1.54) is 25.0 Å². The summed E-state index contributed by atoms with van der Waals surface area (Å²) in [5.74, 6) is 0.298. The fourth-order valence-corrected chi connectivity index (χ4v) is 4.33. The van der Waals surface area contributed by atoms with Crippen molar-refractivity contribution < 1.29 is 17.9 Å². The van der Waals surface area contributed by atoms with Crippen molar-refractivity contribution in [2.24, 2.45) is 11.3 Å². The molecule has 1 saturated carbocycles. The second-order valence-corrected chi connectivity index (χ2v) is 7.30. The fourth-order valence-electron chi connectivity index (χ4n) is 3.76. The van der Waals surface area contributed by atoms with E-state index < -0.39 is 11.7 Å². The molecule has 0 atom stereocenters. The van der Waals surface area contributed by atoms with E-state index in [1.54, 1.807) is 6.07 Å². The first-order valence-electron chi connectivity index (χ1n) is 7.59. The molecular formula is C16H19BrF3NO. The smallest absolute Gasteiger partial charge is 0.421 e. The van der Waals surface area contributed by atoms with Gasteiger partial charge in [0.25, 0.3) is 0 Å². The standard InChI is InChI=1S/C16H19BrF3NO/c17-12-2-1-3-13(14(12)16(18,19)20)22-10-11-8-15(9-11)4-6-21-7-5-15/h1-3,11,21H,4-10H2. The monoisotopic (exact) mass is 377 g/mol. The molecule has 2 nitrogen and oxygen atoms in total. The molecule has 2 aliphatic rings. The Morgan fingerprint density at radius 1 is 1.23 bits per heavy atom. The predicted octanol–water partition coefficient (Wildman–Crippen LogP) is 4.63. The molecule has 0 bridgehead atoms. The summed E-state index contributed by atoms with van der Waals surface area (Å²) in [5, 5.41) is 3.35. The number of alkyl halides is 3. The lowest BCUT2D eigenvalue weighted by atomic mass is 9.58. The fraction of sp³-hybridized carbons (Fsp3) is 0.625. The largest absolute Gasteiger partial charge is 0.493 e. The summed E-state index contributed by atoms with van der Waals surface area (Å²) in [7, 11) is 0. The maximum Gasteiger partial charge on any atom is 0.421 e. The van der Waals surface area contributed by atoms with Crippen LogP contribution in [0.4, 0.5) is 13.2 Å². The third kappa shape index (κ3) is 3.27. The highest BCUT2D eigenvalue weighted by molar-refractivity contribution is 9.10. The zero-order valence-corrected chi connectivity index (χ0v) is 13.8. The van der Waals surface area contributed by atoms with E-state index in [0.29, 0.717) is 17.9 Å². The van der Waals surface area contributed by atoms with Crippen LogP contribution in [0.15, 0.2) is 22.7 Å². The number of rotatable bonds is 3. The minimum Gasteiger partial charge on any atom is -0.493 e. The Morgan fingerprint density at radius 3 is 2.55 bits per heavy atom. The second-order valence-electron chi connectivity index (χ2n) is 6.45. The molecule has 22 heavy (non-hydrogen) atoms. The van der Waals surface area contributed by atoms with E-state index in [0.717, 1.165) is 25.9 Å². The summed E-state index contributed by atoms with van der Waals surface area (Å²) in [6.45, 7) is 2.48. The molecule has 1 aromatic rings. The summed E-state index contributed by atoms with van der Waals surface area (Å²) in [4.78, 5) is 0. The lowest BCUT2D eigenvalue weighted by Crippen LogP contribution is -2.46. The molecule has 1 aliphatic heterocycles. The highest BCUT2D eigenvalue weighted by Gasteiger charge is 2.45. The first kappa shape index (κ1) is 16.1. The van der Waals surface area contributed by atoms with Crippen molar-refractivity contribution in [3.8, 4) is 5.75 Å². The van der Waals surface area contributed by atoms with Gasteiger partial charge in [0.15, 0.2) is 0 Å². The molecule has 0 amide bonds. The number of hydrogen-bond acceptors (Lipinski definition) is 2. The maximum atomic E-state index is 13.1. The van der Waals surface area contributed by atoms with Crippen molar-refractivity contribution in [3.05, 3.63) is 28.2 Å². The van der Waals surface area contributed by atoms with E-state index >= 15 is 0 Å². The summed E-state index contributed by atoms with van der Waals surface area (Å²) in [6, 6.07) is 4.36. The van der Waals surface area contributed by atoms with Gasteiger partial charge in [0, 0.05) is 4.47 Å². The first-order chi connectivity index (χ1) is 10.4. The van der Waals surface area contributed by atoms with Crippen LogP contribution < -0.4 is 10.1 Å². The van der Waals surface area contributed by atoms with Gasteiger partial charge in [0.2, 0.25) is 0 Å². The number of benzene rings is 1. The molecule has 1 aliphatic carbocycles. The summed E-state index contributed by atoms with van der Waals surface area (Å²) >= 11 is 2.97. The average molecular weight is 378 g/mol. The van der Waals surface area contributed by atoms with E-state index in [-0.39, 0.29) is 10.2 Å². The Hall–Kier alpha value is -0.750. The molecule has 1 aromatic carbocycles. The van der Waals surface area contributed by atoms with Gasteiger partial charge in [-0.1, -0.05) is 22.0 Å². The minimum absolute atomic E-state index is 0.0286. The van der Waals surface area contributed by atoms with Gasteiger partial charge in [0.05, 0.1) is 6.61 Å². The van der Waals surface area contributed by atoms with E-state index in [1.807, 2.05) is 0 Å². The Morgan fingerprint density at radius 2 is 1.91 bits per heavy atom. The lowest BCUT2D eigenvalue weighted by Gasteiger charge is -2.50. The molecule has 3 rings (SSSR count). The number of nitrogens with one attached hydrogen (secondary N) is 1. The Labute approximate surface area is 136 Å². The van der Waals surface area contributed by atoms with Crippen molar-refractivity contribution in [1.29, 1.82) is 0 Å². The Balaban J connectivity index is 1.60. The summed E-state index contributed by atoms with van der Waals surface area (Å²) in [6.07, 6.45) is 0.0851. The normalized spacial score (nSPS) is 21.6. The number of ether oxygens (including phenoxy) is 1. The van der Waals surface area contributed by atoms with Crippen LogP contribution in [0.1, 0.15) is 31.2 Å². The number of hydrogen-bond donors (Lipinski definition) is 1. The van der Waals surface area contributed by atoms with Gasteiger partial charge in [-0.15, -0.1) is 0 Å². The molecular weight excluding hydrogens is 359 g/mol. The third-order valence-electron chi connectivity index (χ3n) is 4.84. The van der Waals surface area contributed by atoms with Gasteiger partial charge in [-0.3, -0.25) is 0 Å². The Kier molecular flexibility index (Phi) is 4.42. The molecule has 0 aromatic heterocycles. The highest BCUT2D eigenvalue weighted by Crippen LogP contribution is 2.52. The van der Waals surface area contributed by atoms with Crippen LogP contribution in [-0.4, -0.2) is 19.7 Å². The molecule has 0 unspecified atom stereocenters. The molecule has 2 fully saturated rings. The van der Waals surface area contributed by atoms with Crippen LogP contribution in [0.5, 0.6) is 5.75 Å². The SMILES string of the molecule is FC(F)(F)c1c(Br)cccc1OCC1CC2(CCNCC2)C1. The van der Waals surface area contributed by atoms with Gasteiger partial charge in [-0.25, -0.2) is 0 Å². The second kappa shape index (κ2) is 6.04. The quantitative estimate of drug-likeness (QED) is 0.829. The van der Waals surface area contributed by atoms with Crippen molar-refractivity contribution in [3.63, 3.8) is 0 Å². The molecule has 6 heteroatoms. The van der Waals surface area contributed by atoms with Crippen molar-refractivity contribution >= 4 is 15.9 Å². The molecule has 122 valence electrons. The van der Waals surface area contributed by atoms with Crippen LogP contribution in [0.25, 0.3) is 0 Å². The zero-order chi connectivity index (χ0) is 15.8. The zero-order valence-electron chi connectivity index (χ0n) is 12.2. The summed E-state index contributed by atoms with van der Waals surface area (Å²) < 4.78 is 44.8. The van der Waals surface area contributed by atoms with E-state index in [4.69, 9.17) is 4.74 Å². The topological polar surface area (TPSA) is 21.3 Å². The van der Waals surface area contributed by atoms with Crippen molar-refractivity contribution in [2.45, 2.75) is 31.9 Å². The van der Waals surface area contributed by atoms with Gasteiger partial charge in [-0.05, 0) is 62.2 Å². The molecule has 0 radical (unpaired) electrons. The highest BCUT2D eigenvalue weighted by atomic mass is 79.9. The molecule has 1 N–H and O–H groups in total. The summed E-state index contributed by atoms with van der Waals surface area (Å²) in [5.41, 5.74) is -0.297. The van der Waals surface area contributed by atoms with Crippen molar-refractivity contribution in [2.75, 3.05) is 19.7 Å². The van der Waals surface area contributed by atoms with E-state index in [2.05, 4.69) is 21.2 Å². The minimum atomic E-state index is -4.41. The number of halogens is 4. The molecule has 1 saturated heterocycles. The maximum absolute atomic E-state index is 13.1. The van der Waals surface area contributed by atoms with Crippen LogP contribution in [0, 0.1) is 11.3 Å². The molecule has 1 spiro atoms. The number of piperidine rings is 1. The average Bonchev–Trinajstić information content (AvgIpc) is 2.42. The van der Waals surface area contributed by atoms with Gasteiger partial charge in [-0.2, -0.15) is 13.2 Å². The third-order valence-corrected chi connectivity index (χ3v) is 5.50. The van der Waals surface area contributed by atoms with Crippen LogP contribution in [-0.2, 0) is 6.18 Å².